The molecule has 2 aromatic rings. The van der Waals surface area contributed by atoms with E-state index in [1.54, 1.807) is 25.3 Å². The van der Waals surface area contributed by atoms with Crippen molar-refractivity contribution in [2.24, 2.45) is 0 Å². The number of amides is 2. The lowest BCUT2D eigenvalue weighted by Gasteiger charge is -2.26. The Labute approximate surface area is 165 Å². The van der Waals surface area contributed by atoms with Gasteiger partial charge in [-0.2, -0.15) is 0 Å². The van der Waals surface area contributed by atoms with Gasteiger partial charge in [0.05, 0.1) is 13.7 Å². The summed E-state index contributed by atoms with van der Waals surface area (Å²) >= 11 is 0. The Hall–Kier alpha value is -3.02. The minimum absolute atomic E-state index is 0.196. The summed E-state index contributed by atoms with van der Waals surface area (Å²) in [6.45, 7) is 3.78. The van der Waals surface area contributed by atoms with Gasteiger partial charge in [-0.3, -0.25) is 9.59 Å². The highest BCUT2D eigenvalue weighted by molar-refractivity contribution is 6.04. The number of likely N-dealkylation sites (tertiary alicyclic amines) is 1. The largest absolute Gasteiger partial charge is 0.493 e. The fourth-order valence-corrected chi connectivity index (χ4v) is 3.28. The molecule has 0 aliphatic carbocycles. The van der Waals surface area contributed by atoms with Crippen molar-refractivity contribution < 1.29 is 19.1 Å². The molecule has 0 spiro atoms. The van der Waals surface area contributed by atoms with Gasteiger partial charge in [0.2, 0.25) is 5.91 Å². The quantitative estimate of drug-likeness (QED) is 0.790. The molecule has 2 aromatic carbocycles. The van der Waals surface area contributed by atoms with E-state index in [4.69, 9.17) is 9.47 Å². The summed E-state index contributed by atoms with van der Waals surface area (Å²) in [4.78, 5) is 26.5. The molecule has 28 heavy (non-hydrogen) atoms. The van der Waals surface area contributed by atoms with Gasteiger partial charge in [0.15, 0.2) is 11.5 Å². The molecule has 1 fully saturated rings. The number of hydrogen-bond donors (Lipinski definition) is 1. The second-order valence-corrected chi connectivity index (χ2v) is 6.73. The van der Waals surface area contributed by atoms with Crippen molar-refractivity contribution in [2.45, 2.75) is 32.7 Å². The maximum absolute atomic E-state index is 12.6. The lowest BCUT2D eigenvalue weighted by Crippen LogP contribution is -2.34. The van der Waals surface area contributed by atoms with Crippen LogP contribution in [0.1, 0.15) is 42.1 Å². The predicted octanol–water partition coefficient (Wildman–Crippen LogP) is 3.86. The molecule has 2 amide bonds. The van der Waals surface area contributed by atoms with E-state index < -0.39 is 0 Å². The van der Waals surface area contributed by atoms with Crippen LogP contribution in [0.25, 0.3) is 0 Å². The van der Waals surface area contributed by atoms with Gasteiger partial charge in [-0.05, 0) is 55.7 Å². The van der Waals surface area contributed by atoms with Crippen LogP contribution in [-0.2, 0) is 11.3 Å². The van der Waals surface area contributed by atoms with E-state index in [9.17, 15) is 9.59 Å². The highest BCUT2D eigenvalue weighted by Gasteiger charge is 2.18. The van der Waals surface area contributed by atoms with Crippen molar-refractivity contribution in [3.05, 3.63) is 53.6 Å². The molecule has 0 atom stereocenters. The number of ether oxygens (including phenoxy) is 2. The van der Waals surface area contributed by atoms with Crippen LogP contribution >= 0.6 is 0 Å². The van der Waals surface area contributed by atoms with Gasteiger partial charge in [0, 0.05) is 30.8 Å². The standard InChI is InChI=1S/C22H26N2O4/c1-3-28-19-11-10-17(14-20(19)27-2)22(26)23-18-8-6-7-16(13-18)15-24-12-5-4-9-21(24)25/h6-8,10-11,13-14H,3-5,9,12,15H2,1-2H3,(H,23,26). The average Bonchev–Trinajstić information content (AvgIpc) is 2.70. The van der Waals surface area contributed by atoms with E-state index in [0.717, 1.165) is 24.9 Å². The summed E-state index contributed by atoms with van der Waals surface area (Å²) in [5.41, 5.74) is 2.18. The molecule has 0 aromatic heterocycles. The maximum atomic E-state index is 12.6. The number of hydrogen-bond acceptors (Lipinski definition) is 4. The van der Waals surface area contributed by atoms with Crippen LogP contribution < -0.4 is 14.8 Å². The van der Waals surface area contributed by atoms with E-state index >= 15 is 0 Å². The minimum atomic E-state index is -0.229. The first-order valence-corrected chi connectivity index (χ1v) is 9.59. The molecule has 0 bridgehead atoms. The van der Waals surface area contributed by atoms with E-state index in [0.29, 0.717) is 42.3 Å². The van der Waals surface area contributed by atoms with Crippen LogP contribution in [0.2, 0.25) is 0 Å². The van der Waals surface area contributed by atoms with Crippen LogP contribution in [0.15, 0.2) is 42.5 Å². The topological polar surface area (TPSA) is 67.9 Å². The first kappa shape index (κ1) is 19.7. The van der Waals surface area contributed by atoms with Crippen molar-refractivity contribution in [3.8, 4) is 11.5 Å². The first-order valence-electron chi connectivity index (χ1n) is 9.59. The number of carbonyl (C=O) groups is 2. The number of nitrogens with zero attached hydrogens (tertiary/aromatic N) is 1. The van der Waals surface area contributed by atoms with Gasteiger partial charge in [0.25, 0.3) is 5.91 Å². The van der Waals surface area contributed by atoms with Crippen molar-refractivity contribution >= 4 is 17.5 Å². The van der Waals surface area contributed by atoms with E-state index in [2.05, 4.69) is 5.32 Å². The van der Waals surface area contributed by atoms with Gasteiger partial charge >= 0.3 is 0 Å². The molecule has 0 unspecified atom stereocenters. The molecule has 1 heterocycles. The number of piperidine rings is 1. The van der Waals surface area contributed by atoms with Crippen LogP contribution in [-0.4, -0.2) is 37.0 Å². The first-order chi connectivity index (χ1) is 13.6. The Kier molecular flexibility index (Phi) is 6.53. The molecule has 148 valence electrons. The highest BCUT2D eigenvalue weighted by Crippen LogP contribution is 2.28. The lowest BCUT2D eigenvalue weighted by atomic mass is 10.1. The van der Waals surface area contributed by atoms with Crippen LogP contribution in [0.5, 0.6) is 11.5 Å². The molecule has 6 heteroatoms. The number of carbonyl (C=O) groups excluding carboxylic acids is 2. The number of benzene rings is 2. The van der Waals surface area contributed by atoms with Crippen molar-refractivity contribution in [1.82, 2.24) is 4.90 Å². The van der Waals surface area contributed by atoms with Crippen molar-refractivity contribution in [2.75, 3.05) is 25.6 Å². The smallest absolute Gasteiger partial charge is 0.255 e. The molecular formula is C22H26N2O4. The molecule has 0 saturated carbocycles. The summed E-state index contributed by atoms with van der Waals surface area (Å²) in [5.74, 6) is 1.09. The zero-order chi connectivity index (χ0) is 19.9. The second-order valence-electron chi connectivity index (χ2n) is 6.73. The molecular weight excluding hydrogens is 356 g/mol. The SMILES string of the molecule is CCOc1ccc(C(=O)Nc2cccc(CN3CCCCC3=O)c2)cc1OC. The zero-order valence-electron chi connectivity index (χ0n) is 16.4. The predicted molar refractivity (Wildman–Crippen MR) is 108 cm³/mol. The third kappa shape index (κ3) is 4.82. The fourth-order valence-electron chi connectivity index (χ4n) is 3.28. The van der Waals surface area contributed by atoms with Gasteiger partial charge in [-0.15, -0.1) is 0 Å². The number of methoxy groups -OCH3 is 1. The third-order valence-electron chi connectivity index (χ3n) is 4.71. The van der Waals surface area contributed by atoms with Gasteiger partial charge in [0.1, 0.15) is 0 Å². The second kappa shape index (κ2) is 9.26. The molecule has 0 radical (unpaired) electrons. The summed E-state index contributed by atoms with van der Waals surface area (Å²) in [5, 5.41) is 2.91. The molecule has 1 aliphatic rings. The van der Waals surface area contributed by atoms with Gasteiger partial charge in [-0.1, -0.05) is 12.1 Å². The fraction of sp³-hybridized carbons (Fsp3) is 0.364. The molecule has 1 aliphatic heterocycles. The lowest BCUT2D eigenvalue weighted by molar-refractivity contribution is -0.133. The summed E-state index contributed by atoms with van der Waals surface area (Å²) < 4.78 is 10.8. The van der Waals surface area contributed by atoms with Crippen LogP contribution in [0.3, 0.4) is 0 Å². The molecule has 1 N–H and O–H groups in total. The average molecular weight is 382 g/mol. The van der Waals surface area contributed by atoms with Crippen LogP contribution in [0.4, 0.5) is 5.69 Å². The monoisotopic (exact) mass is 382 g/mol. The molecule has 1 saturated heterocycles. The summed E-state index contributed by atoms with van der Waals surface area (Å²) in [7, 11) is 1.55. The Bertz CT molecular complexity index is 850. The van der Waals surface area contributed by atoms with Crippen LogP contribution in [0, 0.1) is 0 Å². The number of anilines is 1. The number of nitrogens with one attached hydrogen (secondary N) is 1. The third-order valence-corrected chi connectivity index (χ3v) is 4.71. The maximum Gasteiger partial charge on any atom is 0.255 e. The Morgan fingerprint density at radius 1 is 1.14 bits per heavy atom. The minimum Gasteiger partial charge on any atom is -0.493 e. The zero-order valence-corrected chi connectivity index (χ0v) is 16.4. The van der Waals surface area contributed by atoms with E-state index in [-0.39, 0.29) is 11.8 Å². The van der Waals surface area contributed by atoms with E-state index in [1.807, 2.05) is 36.1 Å². The molecule has 3 rings (SSSR count). The highest BCUT2D eigenvalue weighted by atomic mass is 16.5. The van der Waals surface area contributed by atoms with Gasteiger partial charge in [-0.25, -0.2) is 0 Å². The summed E-state index contributed by atoms with van der Waals surface area (Å²) in [6, 6.07) is 12.7. The van der Waals surface area contributed by atoms with Crippen molar-refractivity contribution in [3.63, 3.8) is 0 Å². The normalized spacial score (nSPS) is 13.9. The Balaban J connectivity index is 1.69. The molecule has 6 nitrogen and oxygen atoms in total. The summed E-state index contributed by atoms with van der Waals surface area (Å²) in [6.07, 6.45) is 2.63. The Morgan fingerprint density at radius 2 is 2.00 bits per heavy atom. The number of rotatable bonds is 7. The van der Waals surface area contributed by atoms with Crippen molar-refractivity contribution in [1.29, 1.82) is 0 Å². The van der Waals surface area contributed by atoms with E-state index in [1.165, 1.54) is 0 Å². The Morgan fingerprint density at radius 3 is 2.75 bits per heavy atom. The van der Waals surface area contributed by atoms with Gasteiger partial charge < -0.3 is 19.7 Å².